The summed E-state index contributed by atoms with van der Waals surface area (Å²) in [5, 5.41) is 6.27. The molecule has 1 aliphatic rings. The van der Waals surface area contributed by atoms with Crippen LogP contribution in [0.5, 0.6) is 0 Å². The summed E-state index contributed by atoms with van der Waals surface area (Å²) in [4.78, 5) is 12.2. The lowest BCUT2D eigenvalue weighted by molar-refractivity contribution is -0.114. The Morgan fingerprint density at radius 2 is 1.82 bits per heavy atom. The molecule has 2 aromatic rings. The van der Waals surface area contributed by atoms with E-state index >= 15 is 0 Å². The van der Waals surface area contributed by atoms with E-state index in [1.54, 1.807) is 30.3 Å². The van der Waals surface area contributed by atoms with Gasteiger partial charge in [0.05, 0.1) is 24.8 Å². The van der Waals surface area contributed by atoms with Gasteiger partial charge in [0, 0.05) is 29.5 Å². The number of anilines is 2. The van der Waals surface area contributed by atoms with Gasteiger partial charge >= 0.3 is 0 Å². The molecule has 2 aromatic carbocycles. The molecule has 0 bridgehead atoms. The zero-order chi connectivity index (χ0) is 20.1. The highest BCUT2D eigenvalue weighted by Gasteiger charge is 2.28. The SMILES string of the molecule is O=C(CNc1cccc(Cl)c1)Nc1ccc(Cl)c(S(=O)(=O)N2CCOCC2)c1. The van der Waals surface area contributed by atoms with Gasteiger partial charge in [0.25, 0.3) is 0 Å². The minimum absolute atomic E-state index is 0.00544. The number of ether oxygens (including phenoxy) is 1. The zero-order valence-electron chi connectivity index (χ0n) is 14.8. The predicted octanol–water partition coefficient (Wildman–Crippen LogP) is 3.06. The van der Waals surface area contributed by atoms with Crippen LogP contribution in [0.1, 0.15) is 0 Å². The molecular formula is C18H19Cl2N3O4S. The van der Waals surface area contributed by atoms with Crippen LogP contribution in [0.3, 0.4) is 0 Å². The molecule has 1 fully saturated rings. The number of nitrogens with zero attached hydrogens (tertiary/aromatic N) is 1. The van der Waals surface area contributed by atoms with Crippen LogP contribution in [0.15, 0.2) is 47.4 Å². The van der Waals surface area contributed by atoms with Crippen LogP contribution in [0.4, 0.5) is 11.4 Å². The molecule has 1 aliphatic heterocycles. The van der Waals surface area contributed by atoms with E-state index in [9.17, 15) is 13.2 Å². The molecule has 2 N–H and O–H groups in total. The van der Waals surface area contributed by atoms with Gasteiger partial charge in [0.2, 0.25) is 15.9 Å². The number of sulfonamides is 1. The molecule has 150 valence electrons. The van der Waals surface area contributed by atoms with E-state index in [1.165, 1.54) is 16.4 Å². The number of morpholine rings is 1. The molecule has 0 saturated carbocycles. The van der Waals surface area contributed by atoms with Crippen molar-refractivity contribution in [3.63, 3.8) is 0 Å². The standard InChI is InChI=1S/C18H19Cl2N3O4S/c19-13-2-1-3-14(10-13)21-12-18(24)22-15-4-5-16(20)17(11-15)28(25,26)23-6-8-27-9-7-23/h1-5,10-11,21H,6-9,12H2,(H,22,24). The van der Waals surface area contributed by atoms with Crippen molar-refractivity contribution in [2.45, 2.75) is 4.90 Å². The summed E-state index contributed by atoms with van der Waals surface area (Å²) < 4.78 is 32.2. The molecular weight excluding hydrogens is 425 g/mol. The number of carbonyl (C=O) groups excluding carboxylic acids is 1. The van der Waals surface area contributed by atoms with Crippen molar-refractivity contribution in [3.05, 3.63) is 52.5 Å². The number of amides is 1. The van der Waals surface area contributed by atoms with E-state index in [2.05, 4.69) is 10.6 Å². The first kappa shape index (κ1) is 20.9. The molecule has 0 radical (unpaired) electrons. The number of hydrogen-bond acceptors (Lipinski definition) is 5. The van der Waals surface area contributed by atoms with Gasteiger partial charge < -0.3 is 15.4 Å². The largest absolute Gasteiger partial charge is 0.379 e. The first-order valence-corrected chi connectivity index (χ1v) is 10.7. The average molecular weight is 444 g/mol. The molecule has 7 nitrogen and oxygen atoms in total. The van der Waals surface area contributed by atoms with Gasteiger partial charge in [0.1, 0.15) is 4.90 Å². The summed E-state index contributed by atoms with van der Waals surface area (Å²) >= 11 is 12.0. The van der Waals surface area contributed by atoms with E-state index in [4.69, 9.17) is 27.9 Å². The number of rotatable bonds is 6. The Labute approximate surface area is 173 Å². The smallest absolute Gasteiger partial charge is 0.244 e. The molecule has 1 saturated heterocycles. The second kappa shape index (κ2) is 9.11. The van der Waals surface area contributed by atoms with E-state index in [0.717, 1.165) is 0 Å². The fraction of sp³-hybridized carbons (Fsp3) is 0.278. The molecule has 10 heteroatoms. The quantitative estimate of drug-likeness (QED) is 0.715. The normalized spacial score (nSPS) is 15.2. The van der Waals surface area contributed by atoms with Crippen LogP contribution >= 0.6 is 23.2 Å². The van der Waals surface area contributed by atoms with Gasteiger partial charge in [-0.05, 0) is 36.4 Å². The fourth-order valence-electron chi connectivity index (χ4n) is 2.69. The van der Waals surface area contributed by atoms with E-state index in [0.29, 0.717) is 29.6 Å². The highest BCUT2D eigenvalue weighted by molar-refractivity contribution is 7.89. The molecule has 3 rings (SSSR count). The molecule has 1 heterocycles. The van der Waals surface area contributed by atoms with Crippen molar-refractivity contribution in [3.8, 4) is 0 Å². The minimum atomic E-state index is -3.77. The molecule has 0 unspecified atom stereocenters. The van der Waals surface area contributed by atoms with Gasteiger partial charge in [-0.25, -0.2) is 8.42 Å². The maximum atomic E-state index is 12.8. The van der Waals surface area contributed by atoms with Crippen molar-refractivity contribution in [1.29, 1.82) is 0 Å². The molecule has 0 spiro atoms. The monoisotopic (exact) mass is 443 g/mol. The summed E-state index contributed by atoms with van der Waals surface area (Å²) in [7, 11) is -3.77. The van der Waals surface area contributed by atoms with Gasteiger partial charge in [-0.1, -0.05) is 29.3 Å². The summed E-state index contributed by atoms with van der Waals surface area (Å²) in [6.07, 6.45) is 0. The summed E-state index contributed by atoms with van der Waals surface area (Å²) in [5.41, 5.74) is 1.04. The number of nitrogens with one attached hydrogen (secondary N) is 2. The van der Waals surface area contributed by atoms with Crippen molar-refractivity contribution < 1.29 is 17.9 Å². The van der Waals surface area contributed by atoms with Crippen LogP contribution in [-0.2, 0) is 19.6 Å². The second-order valence-electron chi connectivity index (χ2n) is 6.07. The van der Waals surface area contributed by atoms with Crippen molar-refractivity contribution in [2.75, 3.05) is 43.5 Å². The Balaban J connectivity index is 1.69. The van der Waals surface area contributed by atoms with E-state index in [1.807, 2.05) is 0 Å². The van der Waals surface area contributed by atoms with Crippen LogP contribution in [0.2, 0.25) is 10.0 Å². The van der Waals surface area contributed by atoms with E-state index in [-0.39, 0.29) is 35.5 Å². The first-order chi connectivity index (χ1) is 13.4. The average Bonchev–Trinajstić information content (AvgIpc) is 2.68. The third-order valence-corrected chi connectivity index (χ3v) is 6.70. The Morgan fingerprint density at radius 3 is 2.54 bits per heavy atom. The maximum absolute atomic E-state index is 12.8. The highest BCUT2D eigenvalue weighted by Crippen LogP contribution is 2.28. The van der Waals surface area contributed by atoms with Gasteiger partial charge in [-0.15, -0.1) is 0 Å². The fourth-order valence-corrected chi connectivity index (χ4v) is 4.79. The van der Waals surface area contributed by atoms with Gasteiger partial charge in [0.15, 0.2) is 0 Å². The molecule has 1 amide bonds. The van der Waals surface area contributed by atoms with Crippen molar-refractivity contribution in [1.82, 2.24) is 4.31 Å². The van der Waals surface area contributed by atoms with Gasteiger partial charge in [-0.3, -0.25) is 4.79 Å². The van der Waals surface area contributed by atoms with Gasteiger partial charge in [-0.2, -0.15) is 4.31 Å². The van der Waals surface area contributed by atoms with Crippen molar-refractivity contribution in [2.24, 2.45) is 0 Å². The third-order valence-electron chi connectivity index (χ3n) is 4.08. The highest BCUT2D eigenvalue weighted by atomic mass is 35.5. The summed E-state index contributed by atoms with van der Waals surface area (Å²) in [6, 6.07) is 11.4. The Morgan fingerprint density at radius 1 is 1.07 bits per heavy atom. The predicted molar refractivity (Wildman–Crippen MR) is 110 cm³/mol. The van der Waals surface area contributed by atoms with Crippen LogP contribution in [0.25, 0.3) is 0 Å². The second-order valence-corrected chi connectivity index (χ2v) is 8.82. The van der Waals surface area contributed by atoms with Crippen LogP contribution in [0, 0.1) is 0 Å². The number of benzene rings is 2. The maximum Gasteiger partial charge on any atom is 0.244 e. The summed E-state index contributed by atoms with van der Waals surface area (Å²) in [5.74, 6) is -0.336. The zero-order valence-corrected chi connectivity index (χ0v) is 17.1. The number of halogens is 2. The lowest BCUT2D eigenvalue weighted by Crippen LogP contribution is -2.40. The summed E-state index contributed by atoms with van der Waals surface area (Å²) in [6.45, 7) is 1.19. The molecule has 0 aromatic heterocycles. The Kier molecular flexibility index (Phi) is 6.79. The van der Waals surface area contributed by atoms with Crippen LogP contribution in [-0.4, -0.2) is 51.5 Å². The molecule has 0 atom stereocenters. The molecule has 0 aliphatic carbocycles. The van der Waals surface area contributed by atoms with Crippen molar-refractivity contribution >= 4 is 50.5 Å². The first-order valence-electron chi connectivity index (χ1n) is 8.53. The molecule has 28 heavy (non-hydrogen) atoms. The Hall–Kier alpha value is -1.84. The van der Waals surface area contributed by atoms with Crippen LogP contribution < -0.4 is 10.6 Å². The topological polar surface area (TPSA) is 87.7 Å². The third kappa shape index (κ3) is 5.15. The lowest BCUT2D eigenvalue weighted by atomic mass is 10.3. The lowest BCUT2D eigenvalue weighted by Gasteiger charge is -2.26. The minimum Gasteiger partial charge on any atom is -0.379 e. The Bertz CT molecular complexity index is 963. The van der Waals surface area contributed by atoms with E-state index < -0.39 is 10.0 Å². The number of carbonyl (C=O) groups is 1. The number of hydrogen-bond donors (Lipinski definition) is 2.